The Balaban J connectivity index is 2.28. The number of hydrogen-bond donors (Lipinski definition) is 4. The quantitative estimate of drug-likeness (QED) is 0.617. The van der Waals surface area contributed by atoms with E-state index in [4.69, 9.17) is 0 Å². The molecule has 1 atom stereocenters. The number of urea groups is 1. The summed E-state index contributed by atoms with van der Waals surface area (Å²) in [5.74, 6) is -0.0709. The molecular weight excluding hydrogens is 270 g/mol. The Hall–Kier alpha value is -2.08. The first-order valence-corrected chi connectivity index (χ1v) is 7.12. The zero-order valence-electron chi connectivity index (χ0n) is 12.5. The summed E-state index contributed by atoms with van der Waals surface area (Å²) in [6, 6.07) is 6.57. The third kappa shape index (κ3) is 6.76. The third-order valence-electron chi connectivity index (χ3n) is 2.86. The van der Waals surface area contributed by atoms with Gasteiger partial charge < -0.3 is 21.1 Å². The Morgan fingerprint density at radius 3 is 2.38 bits per heavy atom. The van der Waals surface area contributed by atoms with Gasteiger partial charge in [0.05, 0.1) is 6.10 Å². The molecule has 1 aromatic carbocycles. The highest BCUT2D eigenvalue weighted by Gasteiger charge is 2.05. The lowest BCUT2D eigenvalue weighted by atomic mass is 10.1. The fraction of sp³-hybridized carbons (Fsp3) is 0.467. The van der Waals surface area contributed by atoms with Crippen molar-refractivity contribution in [3.8, 4) is 0 Å². The zero-order chi connectivity index (χ0) is 15.7. The molecule has 0 aliphatic heterocycles. The third-order valence-corrected chi connectivity index (χ3v) is 2.86. The number of benzene rings is 1. The van der Waals surface area contributed by atoms with Crippen molar-refractivity contribution in [3.63, 3.8) is 0 Å². The van der Waals surface area contributed by atoms with E-state index >= 15 is 0 Å². The summed E-state index contributed by atoms with van der Waals surface area (Å²) in [6.07, 6.45) is 0.616. The molecule has 0 heterocycles. The second-order valence-electron chi connectivity index (χ2n) is 4.78. The standard InChI is InChI=1S/C15H23N3O3/c1-3-9-16-14(20)8-10-17-15(21)18-13-6-4-12(5-7-13)11(2)19/h4-7,11,19H,3,8-10H2,1-2H3,(H,16,20)(H2,17,18,21). The monoisotopic (exact) mass is 293 g/mol. The van der Waals surface area contributed by atoms with Crippen molar-refractivity contribution in [3.05, 3.63) is 29.8 Å². The predicted molar refractivity (Wildman–Crippen MR) is 82.0 cm³/mol. The van der Waals surface area contributed by atoms with E-state index in [0.717, 1.165) is 12.0 Å². The predicted octanol–water partition coefficient (Wildman–Crippen LogP) is 1.78. The lowest BCUT2D eigenvalue weighted by Crippen LogP contribution is -2.33. The summed E-state index contributed by atoms with van der Waals surface area (Å²) in [7, 11) is 0. The summed E-state index contributed by atoms with van der Waals surface area (Å²) in [4.78, 5) is 23.0. The Morgan fingerprint density at radius 1 is 1.14 bits per heavy atom. The Bertz CT molecular complexity index is 458. The summed E-state index contributed by atoms with van der Waals surface area (Å²) < 4.78 is 0. The average Bonchev–Trinajstić information content (AvgIpc) is 2.45. The zero-order valence-corrected chi connectivity index (χ0v) is 12.5. The van der Waals surface area contributed by atoms with Gasteiger partial charge in [-0.3, -0.25) is 4.79 Å². The van der Waals surface area contributed by atoms with E-state index in [-0.39, 0.29) is 24.9 Å². The summed E-state index contributed by atoms with van der Waals surface area (Å²) in [6.45, 7) is 4.60. The minimum absolute atomic E-state index is 0.0709. The molecule has 0 aliphatic rings. The van der Waals surface area contributed by atoms with E-state index in [2.05, 4.69) is 16.0 Å². The number of rotatable bonds is 7. The van der Waals surface area contributed by atoms with Crippen LogP contribution < -0.4 is 16.0 Å². The van der Waals surface area contributed by atoms with Crippen LogP contribution in [0.2, 0.25) is 0 Å². The van der Waals surface area contributed by atoms with Crippen LogP contribution in [0.5, 0.6) is 0 Å². The van der Waals surface area contributed by atoms with Gasteiger partial charge in [0.1, 0.15) is 0 Å². The fourth-order valence-corrected chi connectivity index (χ4v) is 1.66. The first kappa shape index (κ1) is 17.0. The molecule has 116 valence electrons. The minimum atomic E-state index is -0.533. The highest BCUT2D eigenvalue weighted by Crippen LogP contribution is 2.15. The van der Waals surface area contributed by atoms with Crippen LogP contribution in [-0.2, 0) is 4.79 Å². The molecule has 0 fully saturated rings. The molecule has 6 nitrogen and oxygen atoms in total. The van der Waals surface area contributed by atoms with Crippen molar-refractivity contribution in [1.82, 2.24) is 10.6 Å². The second kappa shape index (κ2) is 8.97. The van der Waals surface area contributed by atoms with Gasteiger partial charge in [0.15, 0.2) is 0 Å². The first-order valence-electron chi connectivity index (χ1n) is 7.12. The molecule has 0 aliphatic carbocycles. The van der Waals surface area contributed by atoms with Crippen molar-refractivity contribution in [1.29, 1.82) is 0 Å². The van der Waals surface area contributed by atoms with E-state index < -0.39 is 6.10 Å². The van der Waals surface area contributed by atoms with Gasteiger partial charge in [0.25, 0.3) is 0 Å². The van der Waals surface area contributed by atoms with Crippen molar-refractivity contribution in [2.45, 2.75) is 32.8 Å². The molecule has 0 bridgehead atoms. The summed E-state index contributed by atoms with van der Waals surface area (Å²) in [5, 5.41) is 17.4. The van der Waals surface area contributed by atoms with E-state index in [1.54, 1.807) is 31.2 Å². The van der Waals surface area contributed by atoms with Gasteiger partial charge in [0, 0.05) is 25.2 Å². The van der Waals surface area contributed by atoms with E-state index in [9.17, 15) is 14.7 Å². The topological polar surface area (TPSA) is 90.5 Å². The molecule has 1 unspecified atom stereocenters. The minimum Gasteiger partial charge on any atom is -0.389 e. The normalized spacial score (nSPS) is 11.6. The highest BCUT2D eigenvalue weighted by molar-refractivity contribution is 5.89. The molecule has 4 N–H and O–H groups in total. The lowest BCUT2D eigenvalue weighted by Gasteiger charge is -2.09. The van der Waals surface area contributed by atoms with Crippen molar-refractivity contribution >= 4 is 17.6 Å². The van der Waals surface area contributed by atoms with Crippen LogP contribution in [0.15, 0.2) is 24.3 Å². The van der Waals surface area contributed by atoms with Crippen LogP contribution in [0.3, 0.4) is 0 Å². The summed E-state index contributed by atoms with van der Waals surface area (Å²) >= 11 is 0. The van der Waals surface area contributed by atoms with Crippen LogP contribution in [0.4, 0.5) is 10.5 Å². The number of aliphatic hydroxyl groups excluding tert-OH is 1. The van der Waals surface area contributed by atoms with Crippen molar-refractivity contribution in [2.75, 3.05) is 18.4 Å². The van der Waals surface area contributed by atoms with Crippen LogP contribution in [0, 0.1) is 0 Å². The first-order chi connectivity index (χ1) is 10.0. The Kier molecular flexibility index (Phi) is 7.25. The average molecular weight is 293 g/mol. The number of carbonyl (C=O) groups is 2. The largest absolute Gasteiger partial charge is 0.389 e. The number of amides is 3. The Morgan fingerprint density at radius 2 is 1.81 bits per heavy atom. The van der Waals surface area contributed by atoms with E-state index in [1.165, 1.54) is 0 Å². The van der Waals surface area contributed by atoms with Gasteiger partial charge in [0.2, 0.25) is 5.91 Å². The van der Waals surface area contributed by atoms with Crippen LogP contribution in [0.25, 0.3) is 0 Å². The highest BCUT2D eigenvalue weighted by atomic mass is 16.3. The maximum absolute atomic E-state index is 11.6. The maximum Gasteiger partial charge on any atom is 0.319 e. The molecule has 6 heteroatoms. The molecule has 21 heavy (non-hydrogen) atoms. The molecule has 3 amide bonds. The fourth-order valence-electron chi connectivity index (χ4n) is 1.66. The second-order valence-corrected chi connectivity index (χ2v) is 4.78. The molecule has 0 spiro atoms. The van der Waals surface area contributed by atoms with Crippen LogP contribution in [0.1, 0.15) is 38.4 Å². The molecule has 0 saturated carbocycles. The number of anilines is 1. The number of carbonyl (C=O) groups excluding carboxylic acids is 2. The lowest BCUT2D eigenvalue weighted by molar-refractivity contribution is -0.120. The molecule has 0 radical (unpaired) electrons. The number of hydrogen-bond acceptors (Lipinski definition) is 3. The van der Waals surface area contributed by atoms with Gasteiger partial charge in [-0.25, -0.2) is 4.79 Å². The van der Waals surface area contributed by atoms with Gasteiger partial charge in [-0.1, -0.05) is 19.1 Å². The van der Waals surface area contributed by atoms with Gasteiger partial charge in [-0.05, 0) is 31.0 Å². The summed E-state index contributed by atoms with van der Waals surface area (Å²) in [5.41, 5.74) is 1.42. The van der Waals surface area contributed by atoms with Gasteiger partial charge in [-0.2, -0.15) is 0 Å². The van der Waals surface area contributed by atoms with E-state index in [0.29, 0.717) is 12.2 Å². The van der Waals surface area contributed by atoms with Crippen LogP contribution in [-0.4, -0.2) is 30.1 Å². The van der Waals surface area contributed by atoms with Gasteiger partial charge in [-0.15, -0.1) is 0 Å². The number of nitrogens with one attached hydrogen (secondary N) is 3. The van der Waals surface area contributed by atoms with Crippen molar-refractivity contribution in [2.24, 2.45) is 0 Å². The molecule has 0 saturated heterocycles. The molecule has 0 aromatic heterocycles. The van der Waals surface area contributed by atoms with E-state index in [1.807, 2.05) is 6.92 Å². The SMILES string of the molecule is CCCNC(=O)CCNC(=O)Nc1ccc(C(C)O)cc1. The maximum atomic E-state index is 11.6. The number of aliphatic hydroxyl groups is 1. The molecule has 1 aromatic rings. The van der Waals surface area contributed by atoms with Crippen molar-refractivity contribution < 1.29 is 14.7 Å². The molecule has 1 rings (SSSR count). The van der Waals surface area contributed by atoms with Crippen LogP contribution >= 0.6 is 0 Å². The Labute approximate surface area is 124 Å². The van der Waals surface area contributed by atoms with Gasteiger partial charge >= 0.3 is 6.03 Å². The molecular formula is C15H23N3O3. The smallest absolute Gasteiger partial charge is 0.319 e.